The molecule has 0 saturated carbocycles. The molecule has 1 aromatic heterocycles. The molecule has 24 heavy (non-hydrogen) atoms. The van der Waals surface area contributed by atoms with E-state index in [2.05, 4.69) is 41.0 Å². The van der Waals surface area contributed by atoms with Crippen molar-refractivity contribution >= 4 is 23.3 Å². The molecule has 1 atom stereocenters. The fraction of sp³-hybridized carbons (Fsp3) is 0.412. The molecule has 0 fully saturated rings. The number of aromatic nitrogens is 2. The smallest absolute Gasteiger partial charge is 0.251 e. The van der Waals surface area contributed by atoms with Gasteiger partial charge >= 0.3 is 0 Å². The quantitative estimate of drug-likeness (QED) is 0.871. The molecule has 0 saturated heterocycles. The molecule has 2 amide bonds. The number of amides is 2. The first-order valence-corrected chi connectivity index (χ1v) is 8.56. The van der Waals surface area contributed by atoms with Crippen molar-refractivity contribution in [3.05, 3.63) is 46.5 Å². The Kier molecular flexibility index (Phi) is 5.66. The van der Waals surface area contributed by atoms with Gasteiger partial charge in [0.25, 0.3) is 5.91 Å². The number of nitrogens with zero attached hydrogens (tertiary/aromatic N) is 2. The summed E-state index contributed by atoms with van der Waals surface area (Å²) in [6, 6.07) is 7.19. The van der Waals surface area contributed by atoms with E-state index in [1.54, 1.807) is 17.5 Å². The molecule has 7 heteroatoms. The lowest BCUT2D eigenvalue weighted by Crippen LogP contribution is -2.38. The van der Waals surface area contributed by atoms with Crippen LogP contribution in [-0.2, 0) is 10.2 Å². The SMILES string of the molecule is C[C@H](NC(=O)CNC(=O)c1ccc(C(C)(C)C)cc1)c1csnn1. The molecule has 2 rings (SSSR count). The van der Waals surface area contributed by atoms with Gasteiger partial charge in [0.2, 0.25) is 5.91 Å². The zero-order chi connectivity index (χ0) is 17.7. The number of nitrogens with one attached hydrogen (secondary N) is 2. The Morgan fingerprint density at radius 3 is 2.42 bits per heavy atom. The van der Waals surface area contributed by atoms with E-state index in [0.29, 0.717) is 11.3 Å². The number of carbonyl (C=O) groups is 2. The summed E-state index contributed by atoms with van der Waals surface area (Å²) >= 11 is 1.23. The Hall–Kier alpha value is -2.28. The molecule has 2 aromatic rings. The van der Waals surface area contributed by atoms with Crippen LogP contribution in [-0.4, -0.2) is 27.9 Å². The number of hydrogen-bond donors (Lipinski definition) is 2. The summed E-state index contributed by atoms with van der Waals surface area (Å²) in [6.07, 6.45) is 0. The van der Waals surface area contributed by atoms with Gasteiger partial charge in [0.1, 0.15) is 0 Å². The van der Waals surface area contributed by atoms with Gasteiger partial charge < -0.3 is 10.6 Å². The van der Waals surface area contributed by atoms with E-state index < -0.39 is 0 Å². The lowest BCUT2D eigenvalue weighted by atomic mass is 9.87. The van der Waals surface area contributed by atoms with Crippen LogP contribution >= 0.6 is 11.5 Å². The van der Waals surface area contributed by atoms with E-state index in [9.17, 15) is 9.59 Å². The molecule has 1 heterocycles. The van der Waals surface area contributed by atoms with Gasteiger partial charge in [-0.05, 0) is 41.6 Å². The van der Waals surface area contributed by atoms with Crippen molar-refractivity contribution in [3.63, 3.8) is 0 Å². The molecular weight excluding hydrogens is 324 g/mol. The van der Waals surface area contributed by atoms with Crippen LogP contribution in [0.2, 0.25) is 0 Å². The number of carbonyl (C=O) groups excluding carboxylic acids is 2. The first kappa shape index (κ1) is 18.1. The van der Waals surface area contributed by atoms with E-state index in [4.69, 9.17) is 0 Å². The van der Waals surface area contributed by atoms with Crippen LogP contribution in [0.4, 0.5) is 0 Å². The first-order chi connectivity index (χ1) is 11.3. The third-order valence-electron chi connectivity index (χ3n) is 3.62. The summed E-state index contributed by atoms with van der Waals surface area (Å²) in [5.74, 6) is -0.538. The monoisotopic (exact) mass is 346 g/mol. The number of benzene rings is 1. The average molecular weight is 346 g/mol. The number of rotatable bonds is 5. The normalized spacial score (nSPS) is 12.5. The predicted octanol–water partition coefficient (Wildman–Crippen LogP) is 2.44. The molecular formula is C17H22N4O2S. The van der Waals surface area contributed by atoms with Crippen molar-refractivity contribution in [2.45, 2.75) is 39.2 Å². The highest BCUT2D eigenvalue weighted by Crippen LogP contribution is 2.22. The maximum absolute atomic E-state index is 12.1. The van der Waals surface area contributed by atoms with Crippen molar-refractivity contribution in [2.24, 2.45) is 0 Å². The van der Waals surface area contributed by atoms with Crippen molar-refractivity contribution in [2.75, 3.05) is 6.54 Å². The van der Waals surface area contributed by atoms with Crippen molar-refractivity contribution in [3.8, 4) is 0 Å². The lowest BCUT2D eigenvalue weighted by molar-refractivity contribution is -0.120. The van der Waals surface area contributed by atoms with Gasteiger partial charge in [-0.1, -0.05) is 37.4 Å². The molecule has 0 aliphatic carbocycles. The Morgan fingerprint density at radius 1 is 1.21 bits per heavy atom. The summed E-state index contributed by atoms with van der Waals surface area (Å²) in [7, 11) is 0. The summed E-state index contributed by atoms with van der Waals surface area (Å²) in [6.45, 7) is 8.09. The highest BCUT2D eigenvalue weighted by atomic mass is 32.1. The maximum Gasteiger partial charge on any atom is 0.251 e. The molecule has 0 radical (unpaired) electrons. The minimum atomic E-state index is -0.270. The van der Waals surface area contributed by atoms with Crippen LogP contribution in [0.1, 0.15) is 55.4 Å². The van der Waals surface area contributed by atoms with E-state index in [-0.39, 0.29) is 29.8 Å². The summed E-state index contributed by atoms with van der Waals surface area (Å²) in [5.41, 5.74) is 2.43. The van der Waals surface area contributed by atoms with Crippen molar-refractivity contribution in [1.29, 1.82) is 0 Å². The maximum atomic E-state index is 12.1. The zero-order valence-corrected chi connectivity index (χ0v) is 15.1. The highest BCUT2D eigenvalue weighted by Gasteiger charge is 2.15. The van der Waals surface area contributed by atoms with Gasteiger partial charge in [-0.2, -0.15) is 0 Å². The lowest BCUT2D eigenvalue weighted by Gasteiger charge is -2.19. The third kappa shape index (κ3) is 4.86. The van der Waals surface area contributed by atoms with Gasteiger partial charge in [-0.15, -0.1) is 5.10 Å². The highest BCUT2D eigenvalue weighted by molar-refractivity contribution is 7.03. The standard InChI is InChI=1S/C17H22N4O2S/c1-11(14-10-24-21-20-14)19-15(22)9-18-16(23)12-5-7-13(8-6-12)17(2,3)4/h5-8,10-11H,9H2,1-4H3,(H,18,23)(H,19,22)/t11-/m0/s1. The van der Waals surface area contributed by atoms with Crippen molar-refractivity contribution < 1.29 is 9.59 Å². The molecule has 2 N–H and O–H groups in total. The fourth-order valence-corrected chi connectivity index (χ4v) is 2.66. The van der Waals surface area contributed by atoms with Gasteiger partial charge in [-0.3, -0.25) is 9.59 Å². The van der Waals surface area contributed by atoms with E-state index >= 15 is 0 Å². The Morgan fingerprint density at radius 2 is 1.88 bits per heavy atom. The van der Waals surface area contributed by atoms with Crippen LogP contribution < -0.4 is 10.6 Å². The Bertz CT molecular complexity index is 690. The van der Waals surface area contributed by atoms with E-state index in [1.165, 1.54) is 11.5 Å². The second-order valence-electron chi connectivity index (χ2n) is 6.63. The van der Waals surface area contributed by atoms with Gasteiger partial charge in [0.15, 0.2) is 0 Å². The number of hydrogen-bond acceptors (Lipinski definition) is 5. The van der Waals surface area contributed by atoms with Crippen LogP contribution in [0.5, 0.6) is 0 Å². The molecule has 6 nitrogen and oxygen atoms in total. The first-order valence-electron chi connectivity index (χ1n) is 7.72. The van der Waals surface area contributed by atoms with Gasteiger partial charge in [0, 0.05) is 10.9 Å². The van der Waals surface area contributed by atoms with E-state index in [1.807, 2.05) is 19.1 Å². The van der Waals surface area contributed by atoms with Gasteiger partial charge in [0.05, 0.1) is 18.3 Å². The minimum Gasteiger partial charge on any atom is -0.346 e. The second kappa shape index (κ2) is 7.53. The molecule has 0 spiro atoms. The van der Waals surface area contributed by atoms with Crippen LogP contribution in [0.3, 0.4) is 0 Å². The summed E-state index contributed by atoms with van der Waals surface area (Å²) < 4.78 is 3.76. The fourth-order valence-electron chi connectivity index (χ4n) is 2.11. The Balaban J connectivity index is 1.85. The minimum absolute atomic E-state index is 0.0373. The topological polar surface area (TPSA) is 84.0 Å². The predicted molar refractivity (Wildman–Crippen MR) is 93.9 cm³/mol. The molecule has 0 aliphatic rings. The third-order valence-corrected chi connectivity index (χ3v) is 4.14. The van der Waals surface area contributed by atoms with Crippen LogP contribution in [0.25, 0.3) is 0 Å². The largest absolute Gasteiger partial charge is 0.346 e. The Labute approximate surface area is 145 Å². The summed E-state index contributed by atoms with van der Waals surface area (Å²) in [5, 5.41) is 11.1. The van der Waals surface area contributed by atoms with Gasteiger partial charge in [-0.25, -0.2) is 0 Å². The molecule has 128 valence electrons. The van der Waals surface area contributed by atoms with Crippen LogP contribution in [0, 0.1) is 0 Å². The molecule has 0 unspecified atom stereocenters. The molecule has 1 aromatic carbocycles. The second-order valence-corrected chi connectivity index (χ2v) is 7.24. The van der Waals surface area contributed by atoms with Crippen molar-refractivity contribution in [1.82, 2.24) is 20.2 Å². The van der Waals surface area contributed by atoms with Crippen LogP contribution in [0.15, 0.2) is 29.6 Å². The summed E-state index contributed by atoms with van der Waals surface area (Å²) in [4.78, 5) is 24.0. The molecule has 0 aliphatic heterocycles. The molecule has 0 bridgehead atoms. The zero-order valence-electron chi connectivity index (χ0n) is 14.3. The average Bonchev–Trinajstić information content (AvgIpc) is 3.06. The van der Waals surface area contributed by atoms with E-state index in [0.717, 1.165) is 5.56 Å².